The van der Waals surface area contributed by atoms with E-state index in [1.165, 1.54) is 12.5 Å². The predicted octanol–water partition coefficient (Wildman–Crippen LogP) is 2.96. The van der Waals surface area contributed by atoms with Crippen LogP contribution in [0.4, 0.5) is 0 Å². The quantitative estimate of drug-likeness (QED) is 0.814. The number of nitrogens with zero attached hydrogens (tertiary/aromatic N) is 1. The van der Waals surface area contributed by atoms with Gasteiger partial charge in [0.2, 0.25) is 0 Å². The Labute approximate surface area is 134 Å². The van der Waals surface area contributed by atoms with E-state index in [-0.39, 0.29) is 12.5 Å². The van der Waals surface area contributed by atoms with Gasteiger partial charge in [0.15, 0.2) is 6.61 Å². The Hall–Kier alpha value is -2.30. The van der Waals surface area contributed by atoms with Gasteiger partial charge in [-0.3, -0.25) is 4.79 Å². The lowest BCUT2D eigenvalue weighted by molar-refractivity contribution is -0.137. The largest absolute Gasteiger partial charge is 0.484 e. The monoisotopic (exact) mass is 315 g/mol. The number of hydrogen-bond donors (Lipinski definition) is 0. The zero-order valence-electron chi connectivity index (χ0n) is 13.3. The first-order valence-electron chi connectivity index (χ1n) is 8.13. The third kappa shape index (κ3) is 3.55. The smallest absolute Gasteiger partial charge is 0.336 e. The zero-order valence-corrected chi connectivity index (χ0v) is 13.3. The van der Waals surface area contributed by atoms with Gasteiger partial charge in [-0.05, 0) is 43.9 Å². The summed E-state index contributed by atoms with van der Waals surface area (Å²) < 4.78 is 10.7. The van der Waals surface area contributed by atoms with Crippen molar-refractivity contribution in [3.05, 3.63) is 40.8 Å². The third-order valence-electron chi connectivity index (χ3n) is 4.38. The van der Waals surface area contributed by atoms with Crippen molar-refractivity contribution in [3.63, 3.8) is 0 Å². The summed E-state index contributed by atoms with van der Waals surface area (Å²) in [6, 6.07) is 8.66. The second kappa shape index (κ2) is 6.86. The van der Waals surface area contributed by atoms with E-state index in [1.54, 1.807) is 18.2 Å². The second-order valence-corrected chi connectivity index (χ2v) is 5.89. The Kier molecular flexibility index (Phi) is 4.65. The normalized spacial score (nSPS) is 18.1. The van der Waals surface area contributed by atoms with E-state index in [1.807, 2.05) is 11.0 Å². The summed E-state index contributed by atoms with van der Waals surface area (Å²) in [6.45, 7) is 2.94. The van der Waals surface area contributed by atoms with Gasteiger partial charge < -0.3 is 14.1 Å². The lowest BCUT2D eigenvalue weighted by atomic mass is 10.00. The summed E-state index contributed by atoms with van der Waals surface area (Å²) in [6.07, 6.45) is 4.30. The van der Waals surface area contributed by atoms with Gasteiger partial charge in [-0.1, -0.05) is 6.92 Å². The topological polar surface area (TPSA) is 59.8 Å². The minimum Gasteiger partial charge on any atom is -0.484 e. The molecule has 1 saturated heterocycles. The van der Waals surface area contributed by atoms with E-state index < -0.39 is 5.63 Å². The van der Waals surface area contributed by atoms with Crippen LogP contribution in [0.3, 0.4) is 0 Å². The molecule has 5 heteroatoms. The zero-order chi connectivity index (χ0) is 16.2. The molecule has 0 bridgehead atoms. The van der Waals surface area contributed by atoms with Crippen molar-refractivity contribution >= 4 is 16.9 Å². The molecule has 0 saturated carbocycles. The molecule has 3 rings (SSSR count). The van der Waals surface area contributed by atoms with Crippen LogP contribution < -0.4 is 10.4 Å². The van der Waals surface area contributed by atoms with Crippen LogP contribution in [0.2, 0.25) is 0 Å². The summed E-state index contributed by atoms with van der Waals surface area (Å²) in [5.41, 5.74) is 0.0664. The SMILES string of the molecule is CCC1CCCCN1C(=O)COc1ccc2ccc(=O)oc2c1. The van der Waals surface area contributed by atoms with Gasteiger partial charge in [-0.25, -0.2) is 4.79 Å². The molecular formula is C18H21NO4. The molecular weight excluding hydrogens is 294 g/mol. The van der Waals surface area contributed by atoms with Gasteiger partial charge in [0.05, 0.1) is 0 Å². The molecule has 122 valence electrons. The Morgan fingerprint density at radius 1 is 1.30 bits per heavy atom. The van der Waals surface area contributed by atoms with Gasteiger partial charge in [0, 0.05) is 30.1 Å². The van der Waals surface area contributed by atoms with Crippen LogP contribution in [-0.2, 0) is 4.79 Å². The molecule has 0 N–H and O–H groups in total. The molecule has 5 nitrogen and oxygen atoms in total. The highest BCUT2D eigenvalue weighted by Crippen LogP contribution is 2.21. The fourth-order valence-corrected chi connectivity index (χ4v) is 3.11. The number of amides is 1. The molecule has 1 aliphatic rings. The first kappa shape index (κ1) is 15.6. The first-order valence-corrected chi connectivity index (χ1v) is 8.13. The molecule has 1 atom stereocenters. The van der Waals surface area contributed by atoms with Crippen molar-refractivity contribution in [2.75, 3.05) is 13.2 Å². The number of hydrogen-bond acceptors (Lipinski definition) is 4. The van der Waals surface area contributed by atoms with Gasteiger partial charge in [0.25, 0.3) is 5.91 Å². The van der Waals surface area contributed by atoms with Gasteiger partial charge in [-0.2, -0.15) is 0 Å². The highest BCUT2D eigenvalue weighted by atomic mass is 16.5. The van der Waals surface area contributed by atoms with E-state index in [0.717, 1.165) is 31.2 Å². The van der Waals surface area contributed by atoms with Crippen LogP contribution >= 0.6 is 0 Å². The van der Waals surface area contributed by atoms with Crippen molar-refractivity contribution in [2.45, 2.75) is 38.6 Å². The minimum atomic E-state index is -0.398. The molecule has 1 aromatic carbocycles. The molecule has 0 radical (unpaired) electrons. The standard InChI is InChI=1S/C18H21NO4/c1-2-14-5-3-4-10-19(14)17(20)12-22-15-8-6-13-7-9-18(21)23-16(13)11-15/h6-9,11,14H,2-5,10,12H2,1H3. The minimum absolute atomic E-state index is 0.0130. The van der Waals surface area contributed by atoms with Crippen LogP contribution in [0.25, 0.3) is 11.0 Å². The van der Waals surface area contributed by atoms with E-state index in [4.69, 9.17) is 9.15 Å². The number of carbonyl (C=O) groups is 1. The maximum Gasteiger partial charge on any atom is 0.336 e. The summed E-state index contributed by atoms with van der Waals surface area (Å²) in [4.78, 5) is 25.6. The molecule has 0 aliphatic carbocycles. The van der Waals surface area contributed by atoms with E-state index in [2.05, 4.69) is 6.92 Å². The number of benzene rings is 1. The maximum atomic E-state index is 12.4. The molecule has 1 aromatic heterocycles. The van der Waals surface area contributed by atoms with Crippen molar-refractivity contribution in [1.29, 1.82) is 0 Å². The molecule has 1 fully saturated rings. The Bertz CT molecular complexity index is 752. The third-order valence-corrected chi connectivity index (χ3v) is 4.38. The van der Waals surface area contributed by atoms with Crippen molar-refractivity contribution in [3.8, 4) is 5.75 Å². The summed E-state index contributed by atoms with van der Waals surface area (Å²) >= 11 is 0. The lowest BCUT2D eigenvalue weighted by Crippen LogP contribution is -2.45. The van der Waals surface area contributed by atoms with E-state index in [0.29, 0.717) is 17.4 Å². The lowest BCUT2D eigenvalue weighted by Gasteiger charge is -2.35. The fraction of sp³-hybridized carbons (Fsp3) is 0.444. The maximum absolute atomic E-state index is 12.4. The fourth-order valence-electron chi connectivity index (χ4n) is 3.11. The van der Waals surface area contributed by atoms with Crippen LogP contribution in [-0.4, -0.2) is 30.0 Å². The van der Waals surface area contributed by atoms with Crippen molar-refractivity contribution < 1.29 is 13.9 Å². The molecule has 0 spiro atoms. The number of rotatable bonds is 4. The van der Waals surface area contributed by atoms with E-state index in [9.17, 15) is 9.59 Å². The summed E-state index contributed by atoms with van der Waals surface area (Å²) in [7, 11) is 0. The van der Waals surface area contributed by atoms with Crippen molar-refractivity contribution in [2.24, 2.45) is 0 Å². The Morgan fingerprint density at radius 3 is 2.96 bits per heavy atom. The highest BCUT2D eigenvalue weighted by Gasteiger charge is 2.25. The van der Waals surface area contributed by atoms with Crippen LogP contribution in [0, 0.1) is 0 Å². The van der Waals surface area contributed by atoms with E-state index >= 15 is 0 Å². The van der Waals surface area contributed by atoms with Crippen LogP contribution in [0.5, 0.6) is 5.75 Å². The predicted molar refractivity (Wildman–Crippen MR) is 87.6 cm³/mol. The number of carbonyl (C=O) groups excluding carboxylic acids is 1. The first-order chi connectivity index (χ1) is 11.2. The molecule has 1 amide bonds. The number of fused-ring (bicyclic) bond motifs is 1. The molecule has 1 unspecified atom stereocenters. The van der Waals surface area contributed by atoms with Gasteiger partial charge >= 0.3 is 5.63 Å². The second-order valence-electron chi connectivity index (χ2n) is 5.89. The average Bonchev–Trinajstić information content (AvgIpc) is 2.59. The molecule has 2 heterocycles. The Morgan fingerprint density at radius 2 is 2.13 bits per heavy atom. The number of likely N-dealkylation sites (tertiary alicyclic amines) is 1. The van der Waals surface area contributed by atoms with Crippen molar-refractivity contribution in [1.82, 2.24) is 4.90 Å². The molecule has 23 heavy (non-hydrogen) atoms. The van der Waals surface area contributed by atoms with Gasteiger partial charge in [0.1, 0.15) is 11.3 Å². The van der Waals surface area contributed by atoms with Gasteiger partial charge in [-0.15, -0.1) is 0 Å². The van der Waals surface area contributed by atoms with Crippen LogP contribution in [0.15, 0.2) is 39.5 Å². The average molecular weight is 315 g/mol. The summed E-state index contributed by atoms with van der Waals surface area (Å²) in [5.74, 6) is 0.552. The highest BCUT2D eigenvalue weighted by molar-refractivity contribution is 5.79. The molecule has 1 aliphatic heterocycles. The van der Waals surface area contributed by atoms with Crippen LogP contribution in [0.1, 0.15) is 32.6 Å². The Balaban J connectivity index is 1.67. The molecule has 2 aromatic rings. The number of ether oxygens (including phenoxy) is 1. The number of piperidine rings is 1. The summed E-state index contributed by atoms with van der Waals surface area (Å²) in [5, 5.41) is 0.824.